The van der Waals surface area contributed by atoms with Gasteiger partial charge in [0.15, 0.2) is 0 Å². The van der Waals surface area contributed by atoms with Crippen molar-refractivity contribution in [3.8, 4) is 0 Å². The third-order valence-electron chi connectivity index (χ3n) is 2.84. The van der Waals surface area contributed by atoms with E-state index in [0.29, 0.717) is 6.42 Å². The fraction of sp³-hybridized carbons (Fsp3) is 0.889. The van der Waals surface area contributed by atoms with Crippen molar-refractivity contribution in [3.63, 3.8) is 0 Å². The van der Waals surface area contributed by atoms with Crippen LogP contribution in [0.2, 0.25) is 0 Å². The van der Waals surface area contributed by atoms with Gasteiger partial charge < -0.3 is 10.8 Å². The predicted molar refractivity (Wildman–Crippen MR) is 54.1 cm³/mol. The Labute approximate surface area is 85.1 Å². The van der Waals surface area contributed by atoms with E-state index in [4.69, 9.17) is 10.8 Å². The van der Waals surface area contributed by atoms with Gasteiger partial charge in [-0.3, -0.25) is 4.79 Å². The SMILES string of the molecule is CC1(C[C@H](N)C(=O)O)CCCC1.Cl. The van der Waals surface area contributed by atoms with Crippen molar-refractivity contribution in [1.29, 1.82) is 0 Å². The maximum absolute atomic E-state index is 10.5. The first-order chi connectivity index (χ1) is 5.53. The molecule has 0 aromatic carbocycles. The minimum atomic E-state index is -0.872. The van der Waals surface area contributed by atoms with Gasteiger partial charge in [0, 0.05) is 0 Å². The zero-order valence-electron chi connectivity index (χ0n) is 7.95. The second-order valence-corrected chi connectivity index (χ2v) is 4.17. The lowest BCUT2D eigenvalue weighted by Gasteiger charge is -2.25. The van der Waals surface area contributed by atoms with Crippen LogP contribution in [0.4, 0.5) is 0 Å². The second-order valence-electron chi connectivity index (χ2n) is 4.17. The molecule has 0 bridgehead atoms. The lowest BCUT2D eigenvalue weighted by atomic mass is 9.82. The summed E-state index contributed by atoms with van der Waals surface area (Å²) in [4.78, 5) is 10.5. The number of rotatable bonds is 3. The molecule has 1 rings (SSSR count). The number of carboxylic acids is 1. The third kappa shape index (κ3) is 3.53. The quantitative estimate of drug-likeness (QED) is 0.742. The zero-order chi connectivity index (χ0) is 9.19. The normalized spacial score (nSPS) is 22.0. The van der Waals surface area contributed by atoms with Gasteiger partial charge in [-0.05, 0) is 24.7 Å². The number of halogens is 1. The van der Waals surface area contributed by atoms with Gasteiger partial charge in [-0.25, -0.2) is 0 Å². The van der Waals surface area contributed by atoms with Gasteiger partial charge in [-0.2, -0.15) is 0 Å². The van der Waals surface area contributed by atoms with Crippen molar-refractivity contribution in [2.24, 2.45) is 11.1 Å². The van der Waals surface area contributed by atoms with E-state index >= 15 is 0 Å². The first kappa shape index (κ1) is 12.7. The lowest BCUT2D eigenvalue weighted by molar-refractivity contribution is -0.139. The van der Waals surface area contributed by atoms with Crippen molar-refractivity contribution in [3.05, 3.63) is 0 Å². The molecule has 13 heavy (non-hydrogen) atoms. The smallest absolute Gasteiger partial charge is 0.320 e. The van der Waals surface area contributed by atoms with E-state index < -0.39 is 12.0 Å². The van der Waals surface area contributed by atoms with Crippen LogP contribution in [-0.4, -0.2) is 17.1 Å². The van der Waals surface area contributed by atoms with Crippen molar-refractivity contribution in [2.45, 2.75) is 45.1 Å². The maximum atomic E-state index is 10.5. The molecule has 1 atom stereocenters. The number of hydrogen-bond acceptors (Lipinski definition) is 2. The van der Waals surface area contributed by atoms with E-state index in [1.54, 1.807) is 0 Å². The average Bonchev–Trinajstić information content (AvgIpc) is 2.35. The van der Waals surface area contributed by atoms with E-state index in [1.165, 1.54) is 12.8 Å². The second kappa shape index (κ2) is 4.82. The van der Waals surface area contributed by atoms with Crippen molar-refractivity contribution in [1.82, 2.24) is 0 Å². The number of nitrogens with two attached hydrogens (primary N) is 1. The van der Waals surface area contributed by atoms with Gasteiger partial charge >= 0.3 is 5.97 Å². The Hall–Kier alpha value is -0.280. The van der Waals surface area contributed by atoms with Crippen LogP contribution < -0.4 is 5.73 Å². The molecule has 0 aliphatic heterocycles. The maximum Gasteiger partial charge on any atom is 0.320 e. The fourth-order valence-corrected chi connectivity index (χ4v) is 2.05. The number of carboxylic acid groups (broad SMARTS) is 1. The van der Waals surface area contributed by atoms with Gasteiger partial charge in [0.25, 0.3) is 0 Å². The summed E-state index contributed by atoms with van der Waals surface area (Å²) in [5.41, 5.74) is 5.67. The van der Waals surface area contributed by atoms with Gasteiger partial charge in [0.2, 0.25) is 0 Å². The Bertz CT molecular complexity index is 178. The standard InChI is InChI=1S/C9H17NO2.ClH/c1-9(4-2-3-5-9)6-7(10)8(11)12;/h7H,2-6,10H2,1H3,(H,11,12);1H/t7-;/m0./s1. The van der Waals surface area contributed by atoms with Gasteiger partial charge in [0.05, 0.1) is 0 Å². The molecule has 0 amide bonds. The Morgan fingerprint density at radius 2 is 2.00 bits per heavy atom. The molecule has 1 fully saturated rings. The van der Waals surface area contributed by atoms with Crippen LogP contribution in [0, 0.1) is 5.41 Å². The van der Waals surface area contributed by atoms with Crippen molar-refractivity contribution >= 4 is 18.4 Å². The molecular weight excluding hydrogens is 190 g/mol. The summed E-state index contributed by atoms with van der Waals surface area (Å²) in [7, 11) is 0. The Morgan fingerprint density at radius 1 is 1.54 bits per heavy atom. The van der Waals surface area contributed by atoms with E-state index in [1.807, 2.05) is 0 Å². The molecule has 0 spiro atoms. The molecular formula is C9H18ClNO2. The predicted octanol–water partition coefficient (Wildman–Crippen LogP) is 1.79. The number of carbonyl (C=O) groups is 1. The molecule has 4 heteroatoms. The molecule has 0 radical (unpaired) electrons. The molecule has 78 valence electrons. The molecule has 3 N–H and O–H groups in total. The monoisotopic (exact) mass is 207 g/mol. The van der Waals surface area contributed by atoms with E-state index in [0.717, 1.165) is 12.8 Å². The van der Waals surface area contributed by atoms with Crippen LogP contribution in [-0.2, 0) is 4.79 Å². The Morgan fingerprint density at radius 3 is 2.38 bits per heavy atom. The van der Waals surface area contributed by atoms with Crippen LogP contribution in [0.5, 0.6) is 0 Å². The summed E-state index contributed by atoms with van der Waals surface area (Å²) >= 11 is 0. The summed E-state index contributed by atoms with van der Waals surface area (Å²) < 4.78 is 0. The molecule has 0 aromatic heterocycles. The highest BCUT2D eigenvalue weighted by Gasteiger charge is 2.32. The fourth-order valence-electron chi connectivity index (χ4n) is 2.05. The summed E-state index contributed by atoms with van der Waals surface area (Å²) in [6, 6.07) is -0.673. The minimum Gasteiger partial charge on any atom is -0.480 e. The molecule has 0 unspecified atom stereocenters. The number of hydrogen-bond donors (Lipinski definition) is 2. The average molecular weight is 208 g/mol. The van der Waals surface area contributed by atoms with Crippen LogP contribution in [0.25, 0.3) is 0 Å². The molecule has 1 aliphatic carbocycles. The van der Waals surface area contributed by atoms with Crippen molar-refractivity contribution < 1.29 is 9.90 Å². The molecule has 0 heterocycles. The third-order valence-corrected chi connectivity index (χ3v) is 2.84. The lowest BCUT2D eigenvalue weighted by Crippen LogP contribution is -2.35. The van der Waals surface area contributed by atoms with E-state index in [9.17, 15) is 4.79 Å². The van der Waals surface area contributed by atoms with Gasteiger partial charge in [0.1, 0.15) is 6.04 Å². The molecule has 0 aromatic rings. The van der Waals surface area contributed by atoms with E-state index in [2.05, 4.69) is 6.92 Å². The van der Waals surface area contributed by atoms with Crippen LogP contribution >= 0.6 is 12.4 Å². The topological polar surface area (TPSA) is 63.3 Å². The number of aliphatic carboxylic acids is 1. The zero-order valence-corrected chi connectivity index (χ0v) is 8.77. The van der Waals surface area contributed by atoms with E-state index in [-0.39, 0.29) is 17.8 Å². The largest absolute Gasteiger partial charge is 0.480 e. The molecule has 3 nitrogen and oxygen atoms in total. The molecule has 1 aliphatic rings. The van der Waals surface area contributed by atoms with Crippen molar-refractivity contribution in [2.75, 3.05) is 0 Å². The summed E-state index contributed by atoms with van der Waals surface area (Å²) in [5.74, 6) is -0.872. The molecule has 1 saturated carbocycles. The summed E-state index contributed by atoms with van der Waals surface area (Å²) in [5, 5.41) is 8.63. The Balaban J connectivity index is 0.00000144. The van der Waals surface area contributed by atoms with Crippen LogP contribution in [0.15, 0.2) is 0 Å². The molecule has 0 saturated heterocycles. The highest BCUT2D eigenvalue weighted by atomic mass is 35.5. The van der Waals surface area contributed by atoms with Crippen LogP contribution in [0.3, 0.4) is 0 Å². The highest BCUT2D eigenvalue weighted by Crippen LogP contribution is 2.40. The minimum absolute atomic E-state index is 0. The highest BCUT2D eigenvalue weighted by molar-refractivity contribution is 5.85. The van der Waals surface area contributed by atoms with Gasteiger partial charge in [-0.15, -0.1) is 12.4 Å². The van der Waals surface area contributed by atoms with Crippen LogP contribution in [0.1, 0.15) is 39.0 Å². The first-order valence-corrected chi connectivity index (χ1v) is 4.52. The summed E-state index contributed by atoms with van der Waals surface area (Å²) in [6.45, 7) is 2.14. The van der Waals surface area contributed by atoms with Gasteiger partial charge in [-0.1, -0.05) is 19.8 Å². The summed E-state index contributed by atoms with van der Waals surface area (Å²) in [6.07, 6.45) is 5.34. The Kier molecular flexibility index (Phi) is 4.71. The first-order valence-electron chi connectivity index (χ1n) is 4.52.